The maximum atomic E-state index is 13.4. The van der Waals surface area contributed by atoms with E-state index in [1.165, 1.54) is 50.2 Å². The van der Waals surface area contributed by atoms with Crippen LogP contribution in [0.25, 0.3) is 11.1 Å². The van der Waals surface area contributed by atoms with Crippen LogP contribution in [-0.2, 0) is 6.54 Å². The van der Waals surface area contributed by atoms with Crippen LogP contribution in [0.2, 0.25) is 0 Å². The predicted octanol–water partition coefficient (Wildman–Crippen LogP) is 2.78. The van der Waals surface area contributed by atoms with Gasteiger partial charge in [-0.3, -0.25) is 4.90 Å². The molecule has 0 spiro atoms. The summed E-state index contributed by atoms with van der Waals surface area (Å²) in [6.07, 6.45) is 5.36. The number of likely N-dealkylation sites (tertiary alicyclic amines) is 1. The second-order valence-corrected chi connectivity index (χ2v) is 5.77. The number of rotatable bonds is 5. The van der Waals surface area contributed by atoms with Gasteiger partial charge in [-0.15, -0.1) is 0 Å². The van der Waals surface area contributed by atoms with E-state index in [1.807, 2.05) is 12.1 Å². The molecule has 1 N–H and O–H groups in total. The van der Waals surface area contributed by atoms with Gasteiger partial charge in [0.15, 0.2) is 5.75 Å². The third kappa shape index (κ3) is 4.09. The highest BCUT2D eigenvalue weighted by atomic mass is 19.1. The zero-order chi connectivity index (χ0) is 16.1. The van der Waals surface area contributed by atoms with Gasteiger partial charge < -0.3 is 9.68 Å². The Morgan fingerprint density at radius 2 is 1.87 bits per heavy atom. The van der Waals surface area contributed by atoms with Gasteiger partial charge in [0.05, 0.1) is 0 Å². The van der Waals surface area contributed by atoms with Crippen molar-refractivity contribution in [1.29, 1.82) is 0 Å². The largest absolute Gasteiger partial charge is 0.569 e. The van der Waals surface area contributed by atoms with Crippen molar-refractivity contribution < 1.29 is 14.1 Å². The lowest BCUT2D eigenvalue weighted by Crippen LogP contribution is -2.28. The van der Waals surface area contributed by atoms with Gasteiger partial charge in [0.1, 0.15) is 0 Å². The predicted molar refractivity (Wildman–Crippen MR) is 87.4 cm³/mol. The molecule has 0 unspecified atom stereocenters. The highest BCUT2D eigenvalue weighted by Gasteiger charge is 2.11. The summed E-state index contributed by atoms with van der Waals surface area (Å²) in [7, 11) is 0.450. The first-order chi connectivity index (χ1) is 11.3. The lowest BCUT2D eigenvalue weighted by Gasteiger charge is -2.26. The molecule has 1 saturated heterocycles. The minimum Gasteiger partial charge on any atom is -0.534 e. The summed E-state index contributed by atoms with van der Waals surface area (Å²) in [6, 6.07) is 9.70. The van der Waals surface area contributed by atoms with Crippen molar-refractivity contribution in [2.75, 3.05) is 13.1 Å². The molecule has 1 aliphatic rings. The van der Waals surface area contributed by atoms with Gasteiger partial charge in [0, 0.05) is 18.3 Å². The molecule has 2 heterocycles. The van der Waals surface area contributed by atoms with Crippen molar-refractivity contribution in [3.63, 3.8) is 0 Å². The van der Waals surface area contributed by atoms with E-state index >= 15 is 0 Å². The second-order valence-electron chi connectivity index (χ2n) is 5.77. The average Bonchev–Trinajstić information content (AvgIpc) is 2.59. The van der Waals surface area contributed by atoms with Gasteiger partial charge >= 0.3 is 7.69 Å². The van der Waals surface area contributed by atoms with Crippen LogP contribution in [0.3, 0.4) is 0 Å². The van der Waals surface area contributed by atoms with Crippen molar-refractivity contribution in [2.24, 2.45) is 0 Å². The molecule has 1 aromatic carbocycles. The Morgan fingerprint density at radius 1 is 1.13 bits per heavy atom. The minimum atomic E-state index is -0.749. The summed E-state index contributed by atoms with van der Waals surface area (Å²) in [4.78, 5) is 6.13. The number of hydrogen-bond acceptors (Lipinski definition) is 4. The van der Waals surface area contributed by atoms with E-state index in [1.54, 1.807) is 0 Å². The fraction of sp³-hybridized carbons (Fsp3) is 0.353. The van der Waals surface area contributed by atoms with Gasteiger partial charge in [-0.1, -0.05) is 30.7 Å². The quantitative estimate of drug-likeness (QED) is 0.681. The molecule has 0 saturated carbocycles. The van der Waals surface area contributed by atoms with Crippen molar-refractivity contribution in [2.45, 2.75) is 25.8 Å². The maximum absolute atomic E-state index is 13.4. The topological polar surface area (TPSA) is 45.6 Å². The fourth-order valence-electron chi connectivity index (χ4n) is 2.90. The fourth-order valence-corrected chi connectivity index (χ4v) is 2.90. The first-order valence-electron chi connectivity index (χ1n) is 7.86. The Labute approximate surface area is 136 Å². The zero-order valence-electron chi connectivity index (χ0n) is 12.9. The Kier molecular flexibility index (Phi) is 5.25. The van der Waals surface area contributed by atoms with Crippen LogP contribution in [0.5, 0.6) is 5.75 Å². The van der Waals surface area contributed by atoms with Crippen LogP contribution in [0, 0.1) is 5.95 Å². The second kappa shape index (κ2) is 7.57. The van der Waals surface area contributed by atoms with Gasteiger partial charge in [-0.2, -0.15) is 4.39 Å². The van der Waals surface area contributed by atoms with Crippen LogP contribution >= 0.6 is 0 Å². The number of halogens is 1. The smallest absolute Gasteiger partial charge is 0.534 e. The molecule has 0 aliphatic carbocycles. The van der Waals surface area contributed by atoms with E-state index in [-0.39, 0.29) is 5.75 Å². The minimum absolute atomic E-state index is 0.0950. The van der Waals surface area contributed by atoms with E-state index in [4.69, 9.17) is 9.68 Å². The molecule has 4 nitrogen and oxygen atoms in total. The van der Waals surface area contributed by atoms with Crippen molar-refractivity contribution >= 4 is 7.69 Å². The molecule has 6 heteroatoms. The summed E-state index contributed by atoms with van der Waals surface area (Å²) in [5.41, 5.74) is 2.95. The molecule has 23 heavy (non-hydrogen) atoms. The molecule has 3 rings (SSSR count). The van der Waals surface area contributed by atoms with Gasteiger partial charge in [-0.05, 0) is 43.1 Å². The highest BCUT2D eigenvalue weighted by molar-refractivity contribution is 6.17. The van der Waals surface area contributed by atoms with Crippen LogP contribution in [0.4, 0.5) is 4.39 Å². The highest BCUT2D eigenvalue weighted by Crippen LogP contribution is 2.25. The van der Waals surface area contributed by atoms with Crippen molar-refractivity contribution in [3.8, 4) is 16.9 Å². The maximum Gasteiger partial charge on any atom is 0.569 e. The molecule has 119 valence electrons. The van der Waals surface area contributed by atoms with E-state index in [0.29, 0.717) is 7.69 Å². The Balaban J connectivity index is 1.72. The number of aromatic nitrogens is 1. The monoisotopic (exact) mass is 313 g/mol. The Hall–Kier alpha value is -1.92. The van der Waals surface area contributed by atoms with E-state index in [9.17, 15) is 4.39 Å². The summed E-state index contributed by atoms with van der Waals surface area (Å²) in [5.74, 6) is -0.844. The molecular weight excluding hydrogens is 294 g/mol. The summed E-state index contributed by atoms with van der Waals surface area (Å²) in [6.45, 7) is 3.31. The average molecular weight is 313 g/mol. The molecule has 2 aromatic rings. The number of benzene rings is 1. The standard InChI is InChI=1S/C17H19BFN2O2/c19-17-16(23-18-22)10-15(11-20-17)14-6-4-13(5-7-14)12-21-8-2-1-3-9-21/h4-7,10-11,22H,1-3,8-9,12H2. The molecule has 1 radical (unpaired) electrons. The third-order valence-corrected chi connectivity index (χ3v) is 4.13. The number of pyridine rings is 1. The molecule has 0 bridgehead atoms. The Morgan fingerprint density at radius 3 is 2.57 bits per heavy atom. The lowest BCUT2D eigenvalue weighted by atomic mass is 10.0. The Bertz CT molecular complexity index is 646. The first-order valence-corrected chi connectivity index (χ1v) is 7.86. The number of piperidine rings is 1. The number of hydrogen-bond donors (Lipinski definition) is 1. The number of nitrogens with zero attached hydrogens (tertiary/aromatic N) is 2. The van der Waals surface area contributed by atoms with E-state index in [0.717, 1.165) is 17.7 Å². The third-order valence-electron chi connectivity index (χ3n) is 4.13. The molecule has 1 aromatic heterocycles. The molecule has 0 amide bonds. The van der Waals surface area contributed by atoms with Crippen molar-refractivity contribution in [1.82, 2.24) is 9.88 Å². The molecule has 0 atom stereocenters. The van der Waals surface area contributed by atoms with Crippen LogP contribution < -0.4 is 4.65 Å². The molecule has 1 aliphatic heterocycles. The summed E-state index contributed by atoms with van der Waals surface area (Å²) < 4.78 is 18.1. The van der Waals surface area contributed by atoms with Crippen LogP contribution in [0.15, 0.2) is 36.5 Å². The van der Waals surface area contributed by atoms with Gasteiger partial charge in [0.2, 0.25) is 0 Å². The van der Waals surface area contributed by atoms with E-state index < -0.39 is 5.95 Å². The van der Waals surface area contributed by atoms with Crippen LogP contribution in [-0.4, -0.2) is 35.7 Å². The SMILES string of the molecule is O[B]Oc1cc(-c2ccc(CN3CCCCC3)cc2)cnc1F. The van der Waals surface area contributed by atoms with Crippen LogP contribution in [0.1, 0.15) is 24.8 Å². The zero-order valence-corrected chi connectivity index (χ0v) is 12.9. The van der Waals surface area contributed by atoms with Crippen molar-refractivity contribution in [3.05, 3.63) is 48.0 Å². The molecular formula is C17H19BFN2O2. The summed E-state index contributed by atoms with van der Waals surface area (Å²) >= 11 is 0. The normalized spacial score (nSPS) is 15.4. The first kappa shape index (κ1) is 16.0. The summed E-state index contributed by atoms with van der Waals surface area (Å²) in [5, 5.41) is 8.65. The van der Waals surface area contributed by atoms with Gasteiger partial charge in [-0.25, -0.2) is 4.98 Å². The lowest BCUT2D eigenvalue weighted by molar-refractivity contribution is 0.221. The molecule has 1 fully saturated rings. The van der Waals surface area contributed by atoms with E-state index in [2.05, 4.69) is 22.0 Å². The van der Waals surface area contributed by atoms with Gasteiger partial charge in [0.25, 0.3) is 5.95 Å².